The first-order valence-electron chi connectivity index (χ1n) is 24.2. The van der Waals surface area contributed by atoms with Gasteiger partial charge in [-0.2, -0.15) is 13.2 Å². The second kappa shape index (κ2) is 34.5. The molecule has 0 bridgehead atoms. The molecule has 0 radical (unpaired) electrons. The summed E-state index contributed by atoms with van der Waals surface area (Å²) in [6, 6.07) is -3.11. The summed E-state index contributed by atoms with van der Waals surface area (Å²) < 4.78 is 31.7. The van der Waals surface area contributed by atoms with Gasteiger partial charge in [-0.25, -0.2) is 9.59 Å². The van der Waals surface area contributed by atoms with E-state index in [2.05, 4.69) is 37.2 Å². The molecule has 0 aliphatic heterocycles. The Bertz CT molecular complexity index is 2070. The third-order valence-electron chi connectivity index (χ3n) is 11.5. The molecule has 0 fully saturated rings. The number of unbranched alkanes of at least 4 members (excludes halogenated alkanes) is 1. The topological polar surface area (TPSA) is 431 Å². The summed E-state index contributed by atoms with van der Waals surface area (Å²) in [5, 5.41) is 53.3. The predicted molar refractivity (Wildman–Crippen MR) is 262 cm³/mol. The van der Waals surface area contributed by atoms with Crippen molar-refractivity contribution in [1.82, 2.24) is 37.2 Å². The van der Waals surface area contributed by atoms with E-state index in [0.717, 1.165) is 0 Å². The number of carboxylic acids is 3. The van der Waals surface area contributed by atoms with Crippen molar-refractivity contribution in [3.63, 3.8) is 0 Å². The Morgan fingerprint density at radius 3 is 1.45 bits per heavy atom. The van der Waals surface area contributed by atoms with Crippen LogP contribution in [0.1, 0.15) is 105 Å². The van der Waals surface area contributed by atoms with Crippen LogP contribution in [0.25, 0.3) is 0 Å². The van der Waals surface area contributed by atoms with Crippen LogP contribution in [-0.2, 0) is 59.2 Å². The lowest BCUT2D eigenvalue weighted by molar-refractivity contribution is -0.192. The minimum absolute atomic E-state index is 0.0119. The average molecular weight is 1080 g/mol. The molecule has 10 unspecified atom stereocenters. The van der Waals surface area contributed by atoms with E-state index in [1.165, 1.54) is 0 Å². The van der Waals surface area contributed by atoms with Crippen LogP contribution >= 0.6 is 0 Å². The number of aliphatic carboxylic acids is 3. The Labute approximate surface area is 432 Å². The van der Waals surface area contributed by atoms with Crippen LogP contribution in [-0.4, -0.2) is 153 Å². The minimum Gasteiger partial charge on any atom is -0.481 e. The van der Waals surface area contributed by atoms with E-state index < -0.39 is 157 Å². The van der Waals surface area contributed by atoms with Gasteiger partial charge < -0.3 is 74.8 Å². The molecular weight excluding hydrogens is 1000 g/mol. The van der Waals surface area contributed by atoms with Gasteiger partial charge in [0.15, 0.2) is 0 Å². The van der Waals surface area contributed by atoms with E-state index in [-0.39, 0.29) is 31.7 Å². The first kappa shape index (κ1) is 68.1. The van der Waals surface area contributed by atoms with Crippen molar-refractivity contribution in [2.45, 2.75) is 160 Å². The Hall–Kier alpha value is -6.94. The maximum absolute atomic E-state index is 14.2. The summed E-state index contributed by atoms with van der Waals surface area (Å²) in [7, 11) is 0. The quantitative estimate of drug-likeness (QED) is 0.0363. The van der Waals surface area contributed by atoms with E-state index in [1.807, 2.05) is 0 Å². The molecule has 1 rings (SSSR count). The highest BCUT2D eigenvalue weighted by Gasteiger charge is 2.39. The van der Waals surface area contributed by atoms with Crippen molar-refractivity contribution < 1.29 is 86.3 Å². The van der Waals surface area contributed by atoms with Gasteiger partial charge in [-0.1, -0.05) is 84.7 Å². The number of hydrogen-bond donors (Lipinski definition) is 14. The summed E-state index contributed by atoms with van der Waals surface area (Å²) in [5.74, 6) is -14.0. The number of carboxylic acid groups (broad SMARTS) is 3. The number of hydrogen-bond acceptors (Lipinski definition) is 14. The molecule has 0 aliphatic carbocycles. The standard InChI is InChI=1S/C45H74N10O13.C2HF3O2/c1-7-25(5)36(55-44(66)37(26(6)8-2)54-38(60)28(47)23-56)43(65)52-32(22-34(48)57)42(64)51-31(21-27-14-10-9-11-15-27)41(63)50-30(17-18-35(58)59)40(62)49-29(16-12-13-19-46)39(61)53-33(45(67)68)20-24(3)4;3-2(4,5)1(6)7/h9-11,14-15,24-26,28-33,36-37,56H,7-8,12-13,16-23,46-47H2,1-6H3,(H2,48,57)(H,49,62)(H,50,63)(H,51,64)(H,52,65)(H,53,61)(H,54,60)(H,55,66)(H,58,59)(H,67,68);(H,6,7). The Balaban J connectivity index is 0.00000725. The number of carbonyl (C=O) groups is 11. The molecular formula is C47H75F3N10O15. The van der Waals surface area contributed by atoms with Crippen molar-refractivity contribution in [2.24, 2.45) is 35.0 Å². The smallest absolute Gasteiger partial charge is 0.481 e. The Morgan fingerprint density at radius 1 is 0.600 bits per heavy atom. The van der Waals surface area contributed by atoms with Crippen molar-refractivity contribution >= 4 is 65.2 Å². The lowest BCUT2D eigenvalue weighted by Crippen LogP contribution is -2.62. The average Bonchev–Trinajstić information content (AvgIpc) is 3.33. The van der Waals surface area contributed by atoms with Gasteiger partial charge in [0.1, 0.15) is 48.3 Å². The van der Waals surface area contributed by atoms with Crippen LogP contribution < -0.4 is 54.4 Å². The van der Waals surface area contributed by atoms with Crippen LogP contribution in [0.5, 0.6) is 0 Å². The fourth-order valence-corrected chi connectivity index (χ4v) is 6.80. The number of alkyl halides is 3. The number of primary amides is 1. The minimum atomic E-state index is -5.08. The number of aliphatic hydroxyl groups excluding tert-OH is 1. The Kier molecular flexibility index (Phi) is 31.3. The largest absolute Gasteiger partial charge is 0.490 e. The molecule has 0 spiro atoms. The predicted octanol–water partition coefficient (Wildman–Crippen LogP) is -1.33. The highest BCUT2D eigenvalue weighted by molar-refractivity contribution is 5.99. The number of nitrogens with two attached hydrogens (primary N) is 3. The lowest BCUT2D eigenvalue weighted by atomic mass is 9.94. The molecule has 17 N–H and O–H groups in total. The van der Waals surface area contributed by atoms with Gasteiger partial charge in [-0.15, -0.1) is 0 Å². The molecule has 0 aliphatic rings. The molecule has 8 amide bonds. The zero-order valence-corrected chi connectivity index (χ0v) is 42.9. The molecule has 28 heteroatoms. The van der Waals surface area contributed by atoms with Crippen LogP contribution in [0, 0.1) is 17.8 Å². The fourth-order valence-electron chi connectivity index (χ4n) is 6.80. The molecule has 75 heavy (non-hydrogen) atoms. The molecule has 25 nitrogen and oxygen atoms in total. The van der Waals surface area contributed by atoms with Crippen molar-refractivity contribution in [3.8, 4) is 0 Å². The van der Waals surface area contributed by atoms with Gasteiger partial charge in [-0.3, -0.25) is 43.2 Å². The monoisotopic (exact) mass is 1080 g/mol. The summed E-state index contributed by atoms with van der Waals surface area (Å²) >= 11 is 0. The molecule has 0 saturated carbocycles. The SMILES string of the molecule is CCC(C)C(NC(=O)C(N)CO)C(=O)NC(C(=O)NC(CC(N)=O)C(=O)NC(Cc1ccccc1)C(=O)NC(CCC(=O)O)C(=O)NC(CCCCN)C(=O)NC(CC(C)C)C(=O)O)C(C)CC.O=C(O)C(F)(F)F. The summed E-state index contributed by atoms with van der Waals surface area (Å²) in [6.45, 7) is 9.90. The highest BCUT2D eigenvalue weighted by atomic mass is 19.4. The molecule has 1 aromatic carbocycles. The number of carbonyl (C=O) groups excluding carboxylic acids is 8. The number of benzene rings is 1. The highest BCUT2D eigenvalue weighted by Crippen LogP contribution is 2.15. The number of aliphatic hydroxyl groups is 1. The van der Waals surface area contributed by atoms with Crippen molar-refractivity contribution in [3.05, 3.63) is 35.9 Å². The first-order chi connectivity index (χ1) is 34.9. The lowest BCUT2D eigenvalue weighted by Gasteiger charge is -2.30. The maximum atomic E-state index is 14.2. The first-order valence-corrected chi connectivity index (χ1v) is 24.2. The molecule has 10 atom stereocenters. The number of nitrogens with one attached hydrogen (secondary N) is 7. The zero-order chi connectivity index (χ0) is 57.7. The third-order valence-corrected chi connectivity index (χ3v) is 11.5. The van der Waals surface area contributed by atoms with E-state index in [9.17, 15) is 76.4 Å². The third kappa shape index (κ3) is 26.7. The second-order valence-electron chi connectivity index (χ2n) is 18.2. The normalized spacial score (nSPS) is 15.2. The number of amides is 8. The number of rotatable bonds is 33. The van der Waals surface area contributed by atoms with Crippen molar-refractivity contribution in [2.75, 3.05) is 13.2 Å². The van der Waals surface area contributed by atoms with Gasteiger partial charge in [-0.05, 0) is 62.0 Å². The van der Waals surface area contributed by atoms with Crippen LogP contribution in [0.15, 0.2) is 30.3 Å². The molecule has 424 valence electrons. The maximum Gasteiger partial charge on any atom is 0.490 e. The van der Waals surface area contributed by atoms with Crippen LogP contribution in [0.4, 0.5) is 13.2 Å². The van der Waals surface area contributed by atoms with E-state index in [1.54, 1.807) is 71.9 Å². The van der Waals surface area contributed by atoms with Gasteiger partial charge in [0, 0.05) is 12.8 Å². The summed E-state index contributed by atoms with van der Waals surface area (Å²) in [4.78, 5) is 141. The van der Waals surface area contributed by atoms with Gasteiger partial charge in [0.05, 0.1) is 13.0 Å². The van der Waals surface area contributed by atoms with Crippen molar-refractivity contribution in [1.29, 1.82) is 0 Å². The van der Waals surface area contributed by atoms with E-state index in [4.69, 9.17) is 27.1 Å². The van der Waals surface area contributed by atoms with Gasteiger partial charge >= 0.3 is 24.1 Å². The van der Waals surface area contributed by atoms with Gasteiger partial charge in [0.25, 0.3) is 0 Å². The Morgan fingerprint density at radius 2 is 1.03 bits per heavy atom. The van der Waals surface area contributed by atoms with Crippen LogP contribution in [0.3, 0.4) is 0 Å². The summed E-state index contributed by atoms with van der Waals surface area (Å²) in [5.41, 5.74) is 17.3. The molecule has 0 saturated heterocycles. The molecule has 1 aromatic rings. The van der Waals surface area contributed by atoms with E-state index >= 15 is 0 Å². The number of halogens is 3. The summed E-state index contributed by atoms with van der Waals surface area (Å²) in [6.07, 6.45) is -5.59. The van der Waals surface area contributed by atoms with Gasteiger partial charge in [0.2, 0.25) is 47.3 Å². The molecule has 0 aromatic heterocycles. The fraction of sp³-hybridized carbons (Fsp3) is 0.638. The zero-order valence-electron chi connectivity index (χ0n) is 42.9. The molecule has 0 heterocycles. The second-order valence-corrected chi connectivity index (χ2v) is 18.2. The van der Waals surface area contributed by atoms with E-state index in [0.29, 0.717) is 31.2 Å². The van der Waals surface area contributed by atoms with Crippen LogP contribution in [0.2, 0.25) is 0 Å².